The van der Waals surface area contributed by atoms with E-state index >= 15 is 0 Å². The van der Waals surface area contributed by atoms with Crippen molar-refractivity contribution in [2.45, 2.75) is 52.2 Å². The zero-order valence-corrected chi connectivity index (χ0v) is 11.0. The van der Waals surface area contributed by atoms with Gasteiger partial charge >= 0.3 is 6.09 Å². The van der Waals surface area contributed by atoms with Gasteiger partial charge in [-0.05, 0) is 34.1 Å². The molecule has 1 rings (SSSR count). The zero-order valence-electron chi connectivity index (χ0n) is 11.0. The lowest BCUT2D eigenvalue weighted by Gasteiger charge is -2.28. The van der Waals surface area contributed by atoms with E-state index in [0.717, 1.165) is 13.0 Å². The largest absolute Gasteiger partial charge is 0.444 e. The summed E-state index contributed by atoms with van der Waals surface area (Å²) in [7, 11) is 0. The van der Waals surface area contributed by atoms with E-state index in [-0.39, 0.29) is 11.7 Å². The Morgan fingerprint density at radius 1 is 1.44 bits per heavy atom. The second kappa shape index (κ2) is 4.62. The van der Waals surface area contributed by atoms with Crippen LogP contribution in [0.4, 0.5) is 4.79 Å². The first-order chi connectivity index (χ1) is 7.32. The van der Waals surface area contributed by atoms with Gasteiger partial charge in [0.2, 0.25) is 0 Å². The Labute approximate surface area is 97.9 Å². The van der Waals surface area contributed by atoms with E-state index in [1.807, 2.05) is 27.7 Å². The van der Waals surface area contributed by atoms with Crippen LogP contribution in [0, 0.1) is 0 Å². The van der Waals surface area contributed by atoms with Gasteiger partial charge in [0.1, 0.15) is 11.2 Å². The highest BCUT2D eigenvalue weighted by atomic mass is 16.6. The number of likely N-dealkylation sites (N-methyl/N-ethyl adjacent to an activating group) is 1. The van der Waals surface area contributed by atoms with Crippen LogP contribution < -0.4 is 0 Å². The third-order valence-electron chi connectivity index (χ3n) is 2.71. The van der Waals surface area contributed by atoms with Gasteiger partial charge in [-0.15, -0.1) is 0 Å². The van der Waals surface area contributed by atoms with Crippen molar-refractivity contribution in [2.24, 2.45) is 0 Å². The average Bonchev–Trinajstić information content (AvgIpc) is 2.92. The normalized spacial score (nSPS) is 24.1. The molecule has 1 unspecified atom stereocenters. The number of rotatable bonds is 4. The maximum absolute atomic E-state index is 11.9. The Balaban J connectivity index is 2.51. The molecule has 0 bridgehead atoms. The second-order valence-electron chi connectivity index (χ2n) is 5.32. The van der Waals surface area contributed by atoms with Crippen LogP contribution in [0.15, 0.2) is 0 Å². The number of epoxide rings is 1. The number of carbonyl (C=O) groups excluding carboxylic acids is 1. The lowest BCUT2D eigenvalue weighted by atomic mass is 10.1. The predicted molar refractivity (Wildman–Crippen MR) is 62.5 cm³/mol. The number of hydrogen-bond acceptors (Lipinski definition) is 3. The summed E-state index contributed by atoms with van der Waals surface area (Å²) in [6, 6.07) is 0. The smallest absolute Gasteiger partial charge is 0.410 e. The van der Waals surface area contributed by atoms with Gasteiger partial charge in [0, 0.05) is 6.54 Å². The maximum atomic E-state index is 11.9. The van der Waals surface area contributed by atoms with Crippen LogP contribution in [0.3, 0.4) is 0 Å². The molecule has 16 heavy (non-hydrogen) atoms. The van der Waals surface area contributed by atoms with E-state index in [2.05, 4.69) is 6.92 Å². The molecule has 4 nitrogen and oxygen atoms in total. The van der Waals surface area contributed by atoms with E-state index in [9.17, 15) is 4.79 Å². The van der Waals surface area contributed by atoms with Crippen molar-refractivity contribution in [3.8, 4) is 0 Å². The third-order valence-corrected chi connectivity index (χ3v) is 2.71. The Morgan fingerprint density at radius 3 is 2.31 bits per heavy atom. The molecule has 4 heteroatoms. The average molecular weight is 229 g/mol. The fourth-order valence-corrected chi connectivity index (χ4v) is 1.49. The minimum Gasteiger partial charge on any atom is -0.444 e. The van der Waals surface area contributed by atoms with Crippen molar-refractivity contribution < 1.29 is 14.3 Å². The van der Waals surface area contributed by atoms with Crippen molar-refractivity contribution in [1.82, 2.24) is 4.90 Å². The molecule has 1 fully saturated rings. The minimum absolute atomic E-state index is 0.104. The summed E-state index contributed by atoms with van der Waals surface area (Å²) in [6.45, 7) is 11.7. The van der Waals surface area contributed by atoms with Crippen molar-refractivity contribution in [2.75, 3.05) is 19.7 Å². The summed E-state index contributed by atoms with van der Waals surface area (Å²) in [4.78, 5) is 13.6. The number of nitrogens with zero attached hydrogens (tertiary/aromatic N) is 1. The molecule has 0 N–H and O–H groups in total. The maximum Gasteiger partial charge on any atom is 0.410 e. The molecule has 0 aromatic carbocycles. The van der Waals surface area contributed by atoms with Gasteiger partial charge in [0.25, 0.3) is 0 Å². The molecule has 0 saturated carbocycles. The van der Waals surface area contributed by atoms with E-state index in [1.165, 1.54) is 0 Å². The Morgan fingerprint density at radius 2 is 2.00 bits per heavy atom. The van der Waals surface area contributed by atoms with Gasteiger partial charge in [-0.2, -0.15) is 0 Å². The first-order valence-electron chi connectivity index (χ1n) is 5.94. The summed E-state index contributed by atoms with van der Waals surface area (Å²) >= 11 is 0. The SMILES string of the molecule is CCN(CC1(CC)CO1)C(=O)OC(C)(C)C. The quantitative estimate of drug-likeness (QED) is 0.695. The lowest BCUT2D eigenvalue weighted by Crippen LogP contribution is -2.42. The van der Waals surface area contributed by atoms with Crippen LogP contribution in [0.1, 0.15) is 41.0 Å². The van der Waals surface area contributed by atoms with Gasteiger partial charge in [0.15, 0.2) is 0 Å². The molecule has 0 spiro atoms. The Bertz CT molecular complexity index is 253. The summed E-state index contributed by atoms with van der Waals surface area (Å²) in [6.07, 6.45) is 0.685. The summed E-state index contributed by atoms with van der Waals surface area (Å²) < 4.78 is 10.7. The molecule has 94 valence electrons. The molecule has 1 aliphatic heterocycles. The topological polar surface area (TPSA) is 42.1 Å². The molecule has 1 saturated heterocycles. The van der Waals surface area contributed by atoms with Crippen molar-refractivity contribution in [1.29, 1.82) is 0 Å². The predicted octanol–water partition coefficient (Wildman–Crippen LogP) is 2.42. The molecule has 1 amide bonds. The van der Waals surface area contributed by atoms with E-state index in [0.29, 0.717) is 13.1 Å². The molecule has 1 atom stereocenters. The van der Waals surface area contributed by atoms with E-state index < -0.39 is 5.60 Å². The summed E-state index contributed by atoms with van der Waals surface area (Å²) in [5.74, 6) is 0. The Kier molecular flexibility index (Phi) is 3.84. The lowest BCUT2D eigenvalue weighted by molar-refractivity contribution is 0.0211. The van der Waals surface area contributed by atoms with Gasteiger partial charge in [0.05, 0.1) is 13.2 Å². The van der Waals surface area contributed by atoms with Crippen LogP contribution in [0.2, 0.25) is 0 Å². The standard InChI is InChI=1S/C12H23NO3/c1-6-12(9-15-12)8-13(7-2)10(14)16-11(3,4)5/h6-9H2,1-5H3. The molecular formula is C12H23NO3. The highest BCUT2D eigenvalue weighted by Gasteiger charge is 2.45. The van der Waals surface area contributed by atoms with Gasteiger partial charge in [-0.1, -0.05) is 6.92 Å². The second-order valence-corrected chi connectivity index (χ2v) is 5.32. The van der Waals surface area contributed by atoms with Crippen LogP contribution >= 0.6 is 0 Å². The number of carbonyl (C=O) groups is 1. The van der Waals surface area contributed by atoms with Crippen molar-refractivity contribution >= 4 is 6.09 Å². The van der Waals surface area contributed by atoms with Crippen molar-refractivity contribution in [3.05, 3.63) is 0 Å². The van der Waals surface area contributed by atoms with E-state index in [1.54, 1.807) is 4.90 Å². The number of amides is 1. The van der Waals surface area contributed by atoms with Crippen LogP contribution in [0.25, 0.3) is 0 Å². The molecule has 0 aromatic rings. The molecule has 0 aliphatic carbocycles. The minimum atomic E-state index is -0.436. The van der Waals surface area contributed by atoms with Gasteiger partial charge < -0.3 is 14.4 Å². The molecule has 1 heterocycles. The highest BCUT2D eigenvalue weighted by molar-refractivity contribution is 5.68. The van der Waals surface area contributed by atoms with Gasteiger partial charge in [-0.25, -0.2) is 4.79 Å². The number of hydrogen-bond donors (Lipinski definition) is 0. The molecule has 0 aromatic heterocycles. The zero-order chi connectivity index (χ0) is 12.4. The summed E-state index contributed by atoms with van der Waals surface area (Å²) in [5, 5.41) is 0. The highest BCUT2D eigenvalue weighted by Crippen LogP contribution is 2.31. The van der Waals surface area contributed by atoms with Crippen LogP contribution in [-0.2, 0) is 9.47 Å². The molecular weight excluding hydrogens is 206 g/mol. The fourth-order valence-electron chi connectivity index (χ4n) is 1.49. The first kappa shape index (κ1) is 13.3. The van der Waals surface area contributed by atoms with Crippen LogP contribution in [-0.4, -0.2) is 41.9 Å². The summed E-state index contributed by atoms with van der Waals surface area (Å²) in [5.41, 5.74) is -0.540. The Hall–Kier alpha value is -0.770. The van der Waals surface area contributed by atoms with Crippen molar-refractivity contribution in [3.63, 3.8) is 0 Å². The first-order valence-corrected chi connectivity index (χ1v) is 5.94. The van der Waals surface area contributed by atoms with Crippen LogP contribution in [0.5, 0.6) is 0 Å². The molecule has 1 aliphatic rings. The third kappa shape index (κ3) is 3.67. The van der Waals surface area contributed by atoms with Gasteiger partial charge in [-0.3, -0.25) is 0 Å². The fraction of sp³-hybridized carbons (Fsp3) is 0.917. The number of ether oxygens (including phenoxy) is 2. The monoisotopic (exact) mass is 229 g/mol. The van der Waals surface area contributed by atoms with E-state index in [4.69, 9.17) is 9.47 Å². The molecule has 0 radical (unpaired) electrons.